The van der Waals surface area contributed by atoms with Crippen molar-refractivity contribution in [3.05, 3.63) is 178 Å². The summed E-state index contributed by atoms with van der Waals surface area (Å²) in [5.74, 6) is -10.1. The molecule has 0 radical (unpaired) electrons. The monoisotopic (exact) mass is 1520 g/mol. The van der Waals surface area contributed by atoms with Crippen LogP contribution in [0.15, 0.2) is 146 Å². The number of guanidine groups is 1. The van der Waals surface area contributed by atoms with Crippen molar-refractivity contribution >= 4 is 117 Å². The van der Waals surface area contributed by atoms with Crippen LogP contribution < -0.4 is 81.0 Å². The maximum Gasteiger partial charge on any atom is 0.312 e. The first-order chi connectivity index (χ1) is 51.9. The van der Waals surface area contributed by atoms with Crippen LogP contribution in [0.5, 0.6) is 0 Å². The predicted molar refractivity (Wildman–Crippen MR) is 409 cm³/mol. The lowest BCUT2D eigenvalue weighted by Gasteiger charge is -2.31. The molecule has 0 unspecified atom stereocenters. The zero-order chi connectivity index (χ0) is 79.4. The third kappa shape index (κ3) is 27.1. The minimum atomic E-state index is -1.86. The van der Waals surface area contributed by atoms with Crippen molar-refractivity contribution in [3.63, 3.8) is 0 Å². The van der Waals surface area contributed by atoms with Gasteiger partial charge in [0.1, 0.15) is 60.4 Å². The van der Waals surface area contributed by atoms with Gasteiger partial charge in [0.25, 0.3) is 0 Å². The van der Waals surface area contributed by atoms with Gasteiger partial charge in [-0.1, -0.05) is 135 Å². The largest absolute Gasteiger partial charge is 0.394 e. The fourth-order valence-electron chi connectivity index (χ4n) is 12.3. The number of aliphatic hydroxyl groups excluding tert-OH is 1. The number of urea groups is 1. The van der Waals surface area contributed by atoms with Crippen molar-refractivity contribution in [2.45, 2.75) is 159 Å². The van der Waals surface area contributed by atoms with Gasteiger partial charge >= 0.3 is 6.03 Å². The van der Waals surface area contributed by atoms with Crippen LogP contribution in [0.1, 0.15) is 94.5 Å². The van der Waals surface area contributed by atoms with E-state index in [2.05, 4.69) is 63.8 Å². The van der Waals surface area contributed by atoms with Gasteiger partial charge in [-0.05, 0) is 120 Å². The molecule has 7 rings (SSSR count). The number of likely N-dealkylation sites (tertiary alicyclic amines) is 1. The lowest BCUT2D eigenvalue weighted by molar-refractivity contribution is -0.142. The third-order valence-electron chi connectivity index (χ3n) is 17.9. The average Bonchev–Trinajstić information content (AvgIpc) is 1.72. The van der Waals surface area contributed by atoms with Gasteiger partial charge in [0.15, 0.2) is 5.96 Å². The molecule has 109 heavy (non-hydrogen) atoms. The predicted octanol–water partition coefficient (Wildman–Crippen LogP) is 1.64. The number of halogens is 1. The zero-order valence-corrected chi connectivity index (χ0v) is 62.0. The Hall–Kier alpha value is -12.0. The third-order valence-corrected chi connectivity index (χ3v) is 18.1. The number of primary amides is 2. The number of aliphatic hydroxyl groups is 1. The number of nitrogens with two attached hydrogens (primary N) is 3. The van der Waals surface area contributed by atoms with E-state index in [-0.39, 0.29) is 94.6 Å². The minimum absolute atomic E-state index is 0.0298. The van der Waals surface area contributed by atoms with E-state index in [1.165, 1.54) is 37.8 Å². The molecule has 14 amide bonds. The summed E-state index contributed by atoms with van der Waals surface area (Å²) in [6.07, 6.45) is -0.339. The second kappa shape index (κ2) is 41.2. The number of nitrogens with one attached hydrogen (secondary N) is 13. The Balaban J connectivity index is 1.18. The van der Waals surface area contributed by atoms with Gasteiger partial charge in [0.05, 0.1) is 6.61 Å². The molecular formula is C77H96ClN17O14. The molecule has 0 saturated carbocycles. The summed E-state index contributed by atoms with van der Waals surface area (Å²) in [6, 6.07) is 25.0. The summed E-state index contributed by atoms with van der Waals surface area (Å²) >= 11 is 6.25. The number of carbonyl (C=O) groups excluding carboxylic acids is 13. The highest BCUT2D eigenvalue weighted by atomic mass is 35.5. The van der Waals surface area contributed by atoms with Gasteiger partial charge < -0.3 is 91.0 Å². The van der Waals surface area contributed by atoms with E-state index in [4.69, 9.17) is 34.2 Å². The van der Waals surface area contributed by atoms with E-state index in [0.29, 0.717) is 50.6 Å². The molecule has 0 spiro atoms. The van der Waals surface area contributed by atoms with Crippen molar-refractivity contribution in [1.82, 2.24) is 58.1 Å². The number of rotatable bonds is 38. The molecule has 1 aliphatic heterocycles. The summed E-state index contributed by atoms with van der Waals surface area (Å²) in [4.78, 5) is 182. The van der Waals surface area contributed by atoms with E-state index < -0.39 is 132 Å². The van der Waals surface area contributed by atoms with Crippen molar-refractivity contribution in [2.24, 2.45) is 23.1 Å². The normalized spacial score (nSPS) is 14.9. The lowest BCUT2D eigenvalue weighted by atomic mass is 9.99. The molecule has 32 heteroatoms. The van der Waals surface area contributed by atoms with E-state index in [9.17, 15) is 57.8 Å². The fraction of sp³-hybridized carbons (Fsp3) is 0.377. The Morgan fingerprint density at radius 1 is 0.486 bits per heavy atom. The van der Waals surface area contributed by atoms with Crippen LogP contribution in [0.25, 0.3) is 10.8 Å². The van der Waals surface area contributed by atoms with E-state index in [1.54, 1.807) is 111 Å². The summed E-state index contributed by atoms with van der Waals surface area (Å²) in [5.41, 5.74) is 19.8. The summed E-state index contributed by atoms with van der Waals surface area (Å²) in [5, 5.41) is 52.8. The average molecular weight is 1520 g/mol. The number of hydrogen-bond acceptors (Lipinski definition) is 15. The number of nitrogens with zero attached hydrogens (tertiary/aromatic N) is 1. The Morgan fingerprint density at radius 2 is 0.890 bits per heavy atom. The molecule has 1 aliphatic rings. The molecule has 6 aromatic rings. The first-order valence-corrected chi connectivity index (χ1v) is 36.1. The van der Waals surface area contributed by atoms with Crippen LogP contribution in [0.3, 0.4) is 0 Å². The maximum absolute atomic E-state index is 15.3. The molecule has 0 bridgehead atoms. The van der Waals surface area contributed by atoms with Crippen LogP contribution in [-0.4, -0.2) is 173 Å². The number of carbonyl (C=O) groups is 13. The quantitative estimate of drug-likeness (QED) is 0.0149. The van der Waals surface area contributed by atoms with Crippen LogP contribution in [-0.2, 0) is 89.6 Å². The SMILES string of the molecule is CC(=O)Nc1ccc(C[C@H](NC(=O)[C@H](CO)NC(=O)[C@@H](Cc2ccccc2)NC(=O)[C@@H](Cc2ccc(Cl)cc2)NC(=O)[C@@H](Cc2ccc3ccccc3c2)NC(N)=O)C(=O)N[C@H](Cc2ccc(NC(C)=O)cc2)C(=O)N[C@@H](CC(C)C)C(=O)N[C@@H](CCCNC(=N)N)C(=O)N2CCC[C@H]2C(=O)N[C@H](C)C(N)=O)cc1. The fourth-order valence-corrected chi connectivity index (χ4v) is 12.5. The molecule has 580 valence electrons. The van der Waals surface area contributed by atoms with Crippen molar-refractivity contribution < 1.29 is 67.4 Å². The Labute approximate surface area is 635 Å². The molecule has 31 nitrogen and oxygen atoms in total. The first-order valence-electron chi connectivity index (χ1n) is 35.7. The lowest BCUT2D eigenvalue weighted by Crippen LogP contribution is -2.62. The maximum atomic E-state index is 15.3. The summed E-state index contributed by atoms with van der Waals surface area (Å²) in [7, 11) is 0. The van der Waals surface area contributed by atoms with E-state index in [0.717, 1.165) is 10.8 Å². The molecule has 1 heterocycles. The standard InChI is InChI=1S/C77H96ClN17O14/c1-43(2)35-58(67(100)87-57(17-11-33-83-76(80)81)75(108)95-34-12-18-65(95)74(107)84-44(3)66(79)99)88-68(101)61(39-49-22-29-55(30-23-49)85-45(4)97)90-70(103)62(40-50-24-31-56(32-25-50)86-46(5)98)92-73(106)64(42-96)93-71(104)59(37-47-13-7-6-8-14-47)89-69(102)60(38-48-20-27-54(78)28-21-48)91-72(105)63(94-77(82)109)41-51-19-26-52-15-9-10-16-53(52)36-51/h6-10,13-16,19-32,36,43-44,57-65,96H,11-12,17-18,33-35,37-42H2,1-5H3,(H2,79,99)(H,84,107)(H,85,97)(H,86,98)(H,87,100)(H,88,101)(H,89,102)(H,90,103)(H,91,105)(H,92,106)(H,93,104)(H4,80,81,83)(H3,82,94,109)/t44-,57+,58+,59-,60-,61-,62+,63-,64+,65+/m1/s1. The first kappa shape index (κ1) is 84.3. The smallest absolute Gasteiger partial charge is 0.312 e. The van der Waals surface area contributed by atoms with Crippen molar-refractivity contribution in [3.8, 4) is 0 Å². The topological polar surface area (TPSA) is 492 Å². The Bertz CT molecular complexity index is 4230. The number of anilines is 2. The highest BCUT2D eigenvalue weighted by Gasteiger charge is 2.40. The molecule has 1 fully saturated rings. The van der Waals surface area contributed by atoms with Gasteiger partial charge in [-0.15, -0.1) is 0 Å². The number of hydrogen-bond donors (Lipinski definition) is 17. The molecule has 0 aliphatic carbocycles. The molecular weight excluding hydrogens is 1420 g/mol. The minimum Gasteiger partial charge on any atom is -0.394 e. The van der Waals surface area contributed by atoms with E-state index in [1.807, 2.05) is 36.4 Å². The Morgan fingerprint density at radius 3 is 1.35 bits per heavy atom. The van der Waals surface area contributed by atoms with Crippen molar-refractivity contribution in [1.29, 1.82) is 5.41 Å². The van der Waals surface area contributed by atoms with Gasteiger partial charge in [0.2, 0.25) is 70.9 Å². The highest BCUT2D eigenvalue weighted by Crippen LogP contribution is 2.23. The van der Waals surface area contributed by atoms with E-state index >= 15 is 9.59 Å². The zero-order valence-electron chi connectivity index (χ0n) is 61.2. The van der Waals surface area contributed by atoms with Crippen LogP contribution in [0, 0.1) is 11.3 Å². The van der Waals surface area contributed by atoms with Gasteiger partial charge in [0, 0.05) is 75.4 Å². The van der Waals surface area contributed by atoms with Gasteiger partial charge in [-0.25, -0.2) is 4.79 Å². The van der Waals surface area contributed by atoms with Crippen LogP contribution in [0.2, 0.25) is 5.02 Å². The van der Waals surface area contributed by atoms with Gasteiger partial charge in [-0.3, -0.25) is 62.9 Å². The summed E-state index contributed by atoms with van der Waals surface area (Å²) in [6.45, 7) is 6.69. The summed E-state index contributed by atoms with van der Waals surface area (Å²) < 4.78 is 0. The molecule has 6 aromatic carbocycles. The van der Waals surface area contributed by atoms with Gasteiger partial charge in [-0.2, -0.15) is 0 Å². The van der Waals surface area contributed by atoms with Crippen LogP contribution in [0.4, 0.5) is 16.2 Å². The molecule has 1 saturated heterocycles. The second-order valence-electron chi connectivity index (χ2n) is 27.2. The molecule has 20 N–H and O–H groups in total. The van der Waals surface area contributed by atoms with Crippen LogP contribution >= 0.6 is 11.6 Å². The molecule has 10 atom stereocenters. The number of fused-ring (bicyclic) bond motifs is 1. The Kier molecular flexibility index (Phi) is 31.9. The number of amides is 14. The highest BCUT2D eigenvalue weighted by molar-refractivity contribution is 6.30. The molecule has 0 aromatic heterocycles. The second-order valence-corrected chi connectivity index (χ2v) is 27.6. The number of benzene rings is 6. The van der Waals surface area contributed by atoms with Crippen molar-refractivity contribution in [2.75, 3.05) is 30.3 Å².